The number of aromatic amines is 1. The zero-order valence-corrected chi connectivity index (χ0v) is 17.1. The van der Waals surface area contributed by atoms with Gasteiger partial charge in [-0.05, 0) is 24.1 Å². The average Bonchev–Trinajstić information content (AvgIpc) is 3.43. The first kappa shape index (κ1) is 20.7. The first-order valence-corrected chi connectivity index (χ1v) is 9.63. The summed E-state index contributed by atoms with van der Waals surface area (Å²) in [4.78, 5) is 42.5. The SMILES string of the molecule is CC(C)c1cc(=O)[nH]c(-n2nc(-c3ccco3)cc2NC(=O)c2cccc([N+](=O)[O-])c2)n1. The van der Waals surface area contributed by atoms with Gasteiger partial charge in [-0.3, -0.25) is 24.7 Å². The summed E-state index contributed by atoms with van der Waals surface area (Å²) in [5.41, 5.74) is 0.448. The number of hydrogen-bond acceptors (Lipinski definition) is 7. The van der Waals surface area contributed by atoms with Crippen molar-refractivity contribution in [2.45, 2.75) is 19.8 Å². The molecule has 0 aliphatic rings. The Morgan fingerprint density at radius 2 is 2.03 bits per heavy atom. The fourth-order valence-electron chi connectivity index (χ4n) is 2.98. The lowest BCUT2D eigenvalue weighted by Gasteiger charge is -2.10. The molecule has 32 heavy (non-hydrogen) atoms. The van der Waals surface area contributed by atoms with Gasteiger partial charge in [-0.2, -0.15) is 9.78 Å². The molecule has 11 heteroatoms. The summed E-state index contributed by atoms with van der Waals surface area (Å²) in [5, 5.41) is 18.1. The molecule has 0 atom stereocenters. The average molecular weight is 434 g/mol. The van der Waals surface area contributed by atoms with Crippen molar-refractivity contribution in [3.05, 3.63) is 86.5 Å². The number of carbonyl (C=O) groups excluding carboxylic acids is 1. The van der Waals surface area contributed by atoms with Gasteiger partial charge in [0, 0.05) is 29.8 Å². The maximum Gasteiger partial charge on any atom is 0.270 e. The molecule has 3 aromatic heterocycles. The number of aromatic nitrogens is 4. The highest BCUT2D eigenvalue weighted by Gasteiger charge is 2.19. The minimum atomic E-state index is -0.594. The second-order valence-electron chi connectivity index (χ2n) is 7.21. The van der Waals surface area contributed by atoms with Crippen LogP contribution >= 0.6 is 0 Å². The fourth-order valence-corrected chi connectivity index (χ4v) is 2.98. The van der Waals surface area contributed by atoms with E-state index in [0.29, 0.717) is 17.1 Å². The topological polar surface area (TPSA) is 149 Å². The number of carbonyl (C=O) groups is 1. The highest BCUT2D eigenvalue weighted by Crippen LogP contribution is 2.25. The van der Waals surface area contributed by atoms with Crippen LogP contribution in [0.2, 0.25) is 0 Å². The highest BCUT2D eigenvalue weighted by atomic mass is 16.6. The Hall–Kier alpha value is -4.54. The van der Waals surface area contributed by atoms with Crippen LogP contribution in [-0.2, 0) is 0 Å². The lowest BCUT2D eigenvalue weighted by Crippen LogP contribution is -2.19. The van der Waals surface area contributed by atoms with Crippen LogP contribution in [0.3, 0.4) is 0 Å². The number of nitro groups is 1. The van der Waals surface area contributed by atoms with Crippen LogP contribution in [0.25, 0.3) is 17.4 Å². The first-order valence-electron chi connectivity index (χ1n) is 9.63. The van der Waals surface area contributed by atoms with E-state index in [1.165, 1.54) is 41.3 Å². The normalized spacial score (nSPS) is 11.0. The molecule has 0 unspecified atom stereocenters. The molecule has 2 N–H and O–H groups in total. The third kappa shape index (κ3) is 4.17. The molecule has 0 saturated carbocycles. The van der Waals surface area contributed by atoms with Crippen molar-refractivity contribution in [3.63, 3.8) is 0 Å². The van der Waals surface area contributed by atoms with Gasteiger partial charge in [0.1, 0.15) is 11.5 Å². The van der Waals surface area contributed by atoms with Gasteiger partial charge < -0.3 is 9.73 Å². The second kappa shape index (κ2) is 8.30. The van der Waals surface area contributed by atoms with Gasteiger partial charge in [0.2, 0.25) is 5.95 Å². The van der Waals surface area contributed by atoms with Crippen LogP contribution < -0.4 is 10.9 Å². The number of nitro benzene ring substituents is 1. The molecule has 1 amide bonds. The molecule has 0 radical (unpaired) electrons. The van der Waals surface area contributed by atoms with E-state index in [-0.39, 0.29) is 34.5 Å². The molecule has 0 fully saturated rings. The number of rotatable bonds is 6. The van der Waals surface area contributed by atoms with Gasteiger partial charge in [0.15, 0.2) is 5.76 Å². The summed E-state index contributed by atoms with van der Waals surface area (Å²) < 4.78 is 6.66. The zero-order chi connectivity index (χ0) is 22.8. The Balaban J connectivity index is 1.78. The van der Waals surface area contributed by atoms with Gasteiger partial charge in [0.25, 0.3) is 17.2 Å². The Morgan fingerprint density at radius 1 is 1.22 bits per heavy atom. The molecular weight excluding hydrogens is 416 g/mol. The minimum Gasteiger partial charge on any atom is -0.463 e. The quantitative estimate of drug-likeness (QED) is 0.348. The predicted octanol–water partition coefficient (Wildman–Crippen LogP) is 3.50. The number of hydrogen-bond donors (Lipinski definition) is 2. The van der Waals surface area contributed by atoms with E-state index in [9.17, 15) is 19.7 Å². The summed E-state index contributed by atoms with van der Waals surface area (Å²) in [5.74, 6) is 0.129. The molecule has 0 aliphatic heterocycles. The van der Waals surface area contributed by atoms with Crippen LogP contribution in [0.15, 0.2) is 64.0 Å². The van der Waals surface area contributed by atoms with E-state index in [4.69, 9.17) is 4.42 Å². The molecule has 3 heterocycles. The van der Waals surface area contributed by atoms with Crippen molar-refractivity contribution in [1.82, 2.24) is 19.7 Å². The number of H-pyrrole nitrogens is 1. The Morgan fingerprint density at radius 3 is 2.72 bits per heavy atom. The molecule has 1 aromatic carbocycles. The number of nitrogens with zero attached hydrogens (tertiary/aromatic N) is 4. The standard InChI is InChI=1S/C21H18N6O5/c1-12(2)15-11-19(28)24-21(22-15)26-18(10-16(25-26)17-7-4-8-32-17)23-20(29)13-5-3-6-14(9-13)27(30)31/h3-12H,1-2H3,(H,23,29)(H,22,24,28). The Labute approximate surface area is 180 Å². The lowest BCUT2D eigenvalue weighted by atomic mass is 10.1. The summed E-state index contributed by atoms with van der Waals surface area (Å²) in [6, 6.07) is 11.7. The monoisotopic (exact) mass is 434 g/mol. The maximum atomic E-state index is 12.8. The van der Waals surface area contributed by atoms with E-state index in [2.05, 4.69) is 20.4 Å². The second-order valence-corrected chi connectivity index (χ2v) is 7.21. The third-order valence-corrected chi connectivity index (χ3v) is 4.58. The number of non-ortho nitro benzene ring substituents is 1. The minimum absolute atomic E-state index is 0.0148. The van der Waals surface area contributed by atoms with Gasteiger partial charge in [-0.25, -0.2) is 4.98 Å². The van der Waals surface area contributed by atoms with Crippen molar-refractivity contribution in [1.29, 1.82) is 0 Å². The van der Waals surface area contributed by atoms with E-state index >= 15 is 0 Å². The van der Waals surface area contributed by atoms with E-state index in [0.717, 1.165) is 0 Å². The fraction of sp³-hybridized carbons (Fsp3) is 0.143. The highest BCUT2D eigenvalue weighted by molar-refractivity contribution is 6.04. The molecule has 0 spiro atoms. The van der Waals surface area contributed by atoms with Crippen LogP contribution in [0.5, 0.6) is 0 Å². The number of nitrogens with one attached hydrogen (secondary N) is 2. The smallest absolute Gasteiger partial charge is 0.270 e. The van der Waals surface area contributed by atoms with Crippen molar-refractivity contribution in [2.75, 3.05) is 5.32 Å². The van der Waals surface area contributed by atoms with Crippen LogP contribution in [0, 0.1) is 10.1 Å². The summed E-state index contributed by atoms with van der Waals surface area (Å²) in [7, 11) is 0. The first-order chi connectivity index (χ1) is 15.3. The largest absolute Gasteiger partial charge is 0.463 e. The molecule has 162 valence electrons. The number of furan rings is 1. The summed E-state index contributed by atoms with van der Waals surface area (Å²) in [6.07, 6.45) is 1.48. The van der Waals surface area contributed by atoms with Gasteiger partial charge in [0.05, 0.1) is 16.9 Å². The molecule has 4 rings (SSSR count). The summed E-state index contributed by atoms with van der Waals surface area (Å²) in [6.45, 7) is 3.79. The zero-order valence-electron chi connectivity index (χ0n) is 17.1. The van der Waals surface area contributed by atoms with Gasteiger partial charge in [-0.1, -0.05) is 19.9 Å². The van der Waals surface area contributed by atoms with Crippen LogP contribution in [0.1, 0.15) is 35.8 Å². The van der Waals surface area contributed by atoms with E-state index in [1.807, 2.05) is 13.8 Å². The van der Waals surface area contributed by atoms with Crippen molar-refractivity contribution in [3.8, 4) is 17.4 Å². The maximum absolute atomic E-state index is 12.8. The van der Waals surface area contributed by atoms with Gasteiger partial charge >= 0.3 is 0 Å². The predicted molar refractivity (Wildman–Crippen MR) is 115 cm³/mol. The van der Waals surface area contributed by atoms with Crippen LogP contribution in [-0.4, -0.2) is 30.6 Å². The number of amides is 1. The van der Waals surface area contributed by atoms with E-state index in [1.54, 1.807) is 18.2 Å². The molecule has 0 saturated heterocycles. The van der Waals surface area contributed by atoms with Gasteiger partial charge in [-0.15, -0.1) is 0 Å². The molecule has 4 aromatic rings. The Bertz CT molecular complexity index is 1350. The van der Waals surface area contributed by atoms with E-state index < -0.39 is 10.8 Å². The van der Waals surface area contributed by atoms with Crippen molar-refractivity contribution >= 4 is 17.4 Å². The number of benzene rings is 1. The third-order valence-electron chi connectivity index (χ3n) is 4.58. The number of anilines is 1. The molecule has 0 aliphatic carbocycles. The van der Waals surface area contributed by atoms with Crippen molar-refractivity contribution in [2.24, 2.45) is 0 Å². The Kier molecular flexibility index (Phi) is 5.37. The molecule has 0 bridgehead atoms. The van der Waals surface area contributed by atoms with Crippen LogP contribution in [0.4, 0.5) is 11.5 Å². The summed E-state index contributed by atoms with van der Waals surface area (Å²) >= 11 is 0. The molecular formula is C21H18N6O5. The molecule has 11 nitrogen and oxygen atoms in total. The lowest BCUT2D eigenvalue weighted by molar-refractivity contribution is -0.384. The van der Waals surface area contributed by atoms with Crippen molar-refractivity contribution < 1.29 is 14.1 Å².